The fraction of sp³-hybridized carbons (Fsp3) is 0.538. The second-order valence-electron chi connectivity index (χ2n) is 8.51. The molecule has 6 heteroatoms. The summed E-state index contributed by atoms with van der Waals surface area (Å²) in [5, 5.41) is 24.2. The molecule has 0 unspecified atom stereocenters. The number of carbonyl (C=O) groups excluding carboxylic acids is 2. The lowest BCUT2D eigenvalue weighted by Crippen LogP contribution is -2.39. The molecule has 0 radical (unpaired) electrons. The number of allylic oxidation sites excluding steroid dienone is 4. The van der Waals surface area contributed by atoms with Crippen LogP contribution in [-0.2, 0) is 22.4 Å². The molecule has 1 amide bonds. The molecule has 0 bridgehead atoms. The number of benzene rings is 1. The van der Waals surface area contributed by atoms with Crippen molar-refractivity contribution in [1.82, 2.24) is 5.32 Å². The minimum Gasteiger partial charge on any atom is -0.508 e. The Morgan fingerprint density at radius 3 is 2.44 bits per heavy atom. The number of ether oxygens (including phenoxy) is 1. The van der Waals surface area contributed by atoms with Crippen LogP contribution in [0.2, 0.25) is 0 Å². The average Bonchev–Trinajstić information content (AvgIpc) is 2.72. The van der Waals surface area contributed by atoms with Gasteiger partial charge in [0.15, 0.2) is 0 Å². The van der Waals surface area contributed by atoms with E-state index < -0.39 is 17.9 Å². The van der Waals surface area contributed by atoms with Crippen LogP contribution in [0.4, 0.5) is 0 Å². The van der Waals surface area contributed by atoms with Crippen molar-refractivity contribution in [3.63, 3.8) is 0 Å². The molecule has 0 aliphatic rings. The molecular weight excluding hydrogens is 406 g/mol. The number of carbonyl (C=O) groups is 2. The van der Waals surface area contributed by atoms with Gasteiger partial charge in [0.05, 0.1) is 12.7 Å². The molecule has 32 heavy (non-hydrogen) atoms. The van der Waals surface area contributed by atoms with Crippen molar-refractivity contribution in [2.45, 2.75) is 85.6 Å². The van der Waals surface area contributed by atoms with Gasteiger partial charge in [0.25, 0.3) is 5.91 Å². The van der Waals surface area contributed by atoms with E-state index in [9.17, 15) is 19.8 Å². The van der Waals surface area contributed by atoms with Crippen LogP contribution in [0.3, 0.4) is 0 Å². The fourth-order valence-corrected chi connectivity index (χ4v) is 3.44. The summed E-state index contributed by atoms with van der Waals surface area (Å²) in [6.45, 7) is 9.74. The van der Waals surface area contributed by atoms with Crippen molar-refractivity contribution in [3.05, 3.63) is 46.1 Å². The van der Waals surface area contributed by atoms with Crippen LogP contribution in [0.1, 0.15) is 88.2 Å². The van der Waals surface area contributed by atoms with Crippen LogP contribution in [0.15, 0.2) is 29.4 Å². The molecule has 1 aromatic rings. The molecule has 0 aliphatic carbocycles. The van der Waals surface area contributed by atoms with Crippen molar-refractivity contribution < 1.29 is 24.5 Å². The van der Waals surface area contributed by atoms with Gasteiger partial charge in [-0.15, -0.1) is 0 Å². The van der Waals surface area contributed by atoms with Gasteiger partial charge in [-0.1, -0.05) is 43.1 Å². The molecule has 0 fully saturated rings. The first kappa shape index (κ1) is 27.3. The summed E-state index contributed by atoms with van der Waals surface area (Å²) in [5.41, 5.74) is 3.39. The lowest BCUT2D eigenvalue weighted by Gasteiger charge is -2.18. The zero-order valence-electron chi connectivity index (χ0n) is 20.4. The largest absolute Gasteiger partial charge is 0.508 e. The number of aryl methyl sites for hydroxylation is 1. The van der Waals surface area contributed by atoms with E-state index in [-0.39, 0.29) is 17.1 Å². The molecule has 1 rings (SSSR count). The highest BCUT2D eigenvalue weighted by Crippen LogP contribution is 2.35. The molecule has 178 valence electrons. The Morgan fingerprint density at radius 2 is 1.84 bits per heavy atom. The lowest BCUT2D eigenvalue weighted by molar-refractivity contribution is -0.142. The van der Waals surface area contributed by atoms with Gasteiger partial charge in [-0.25, -0.2) is 4.79 Å². The molecule has 0 saturated heterocycles. The standard InChI is InChI=1S/C26H39NO5/c1-7-8-9-13-20-16-22(28)21(15-14-18(4)12-10-11-17(2)3)24(29)23(20)25(30)27-19(5)26(31)32-6/h11,14,16,19,28-29H,7-10,12-13,15H2,1-6H3,(H,27,30)/b18-14+/t19-/m0/s1. The molecule has 0 heterocycles. The van der Waals surface area contributed by atoms with E-state index in [0.29, 0.717) is 24.0 Å². The second-order valence-corrected chi connectivity index (χ2v) is 8.51. The summed E-state index contributed by atoms with van der Waals surface area (Å²) in [6, 6.07) is 0.708. The SMILES string of the molecule is CCCCCc1cc(O)c(C/C=C(\C)CCC=C(C)C)c(O)c1C(=O)N[C@@H](C)C(=O)OC. The number of phenolic OH excluding ortho intramolecular Hbond substituents is 2. The van der Waals surface area contributed by atoms with Crippen LogP contribution in [0.5, 0.6) is 11.5 Å². The van der Waals surface area contributed by atoms with Crippen molar-refractivity contribution >= 4 is 11.9 Å². The molecule has 0 spiro atoms. The minimum atomic E-state index is -0.857. The van der Waals surface area contributed by atoms with Crippen molar-refractivity contribution in [1.29, 1.82) is 0 Å². The van der Waals surface area contributed by atoms with Crippen LogP contribution in [-0.4, -0.2) is 35.2 Å². The van der Waals surface area contributed by atoms with E-state index in [0.717, 1.165) is 37.7 Å². The number of unbranched alkanes of at least 4 members (excludes halogenated alkanes) is 2. The Morgan fingerprint density at radius 1 is 1.16 bits per heavy atom. The van der Waals surface area contributed by atoms with E-state index in [1.165, 1.54) is 19.6 Å². The quantitative estimate of drug-likeness (QED) is 0.229. The van der Waals surface area contributed by atoms with Crippen molar-refractivity contribution in [2.24, 2.45) is 0 Å². The number of amides is 1. The number of hydrogen-bond acceptors (Lipinski definition) is 5. The Bertz CT molecular complexity index is 850. The summed E-state index contributed by atoms with van der Waals surface area (Å²) in [5.74, 6) is -1.39. The lowest BCUT2D eigenvalue weighted by atomic mass is 9.94. The number of hydrogen-bond donors (Lipinski definition) is 3. The summed E-state index contributed by atoms with van der Waals surface area (Å²) < 4.78 is 4.68. The Hall–Kier alpha value is -2.76. The highest BCUT2D eigenvalue weighted by atomic mass is 16.5. The molecule has 0 aromatic heterocycles. The topological polar surface area (TPSA) is 95.9 Å². The fourth-order valence-electron chi connectivity index (χ4n) is 3.44. The highest BCUT2D eigenvalue weighted by Gasteiger charge is 2.25. The van der Waals surface area contributed by atoms with Gasteiger partial charge in [-0.2, -0.15) is 0 Å². The molecule has 1 aromatic carbocycles. The number of methoxy groups -OCH3 is 1. The zero-order chi connectivity index (χ0) is 24.3. The van der Waals surface area contributed by atoms with Crippen LogP contribution < -0.4 is 5.32 Å². The molecule has 0 aliphatic heterocycles. The Kier molecular flexibility index (Phi) is 11.6. The number of rotatable bonds is 12. The van der Waals surface area contributed by atoms with Gasteiger partial charge < -0.3 is 20.3 Å². The van der Waals surface area contributed by atoms with E-state index in [1.807, 2.05) is 13.0 Å². The first-order valence-electron chi connectivity index (χ1n) is 11.4. The maximum atomic E-state index is 13.0. The minimum absolute atomic E-state index is 0.0279. The maximum Gasteiger partial charge on any atom is 0.328 e. The third-order valence-electron chi connectivity index (χ3n) is 5.39. The Labute approximate surface area is 192 Å². The molecule has 6 nitrogen and oxygen atoms in total. The van der Waals surface area contributed by atoms with E-state index in [4.69, 9.17) is 0 Å². The van der Waals surface area contributed by atoms with Crippen molar-refractivity contribution in [2.75, 3.05) is 7.11 Å². The monoisotopic (exact) mass is 445 g/mol. The molecule has 3 N–H and O–H groups in total. The number of aromatic hydroxyl groups is 2. The molecule has 0 saturated carbocycles. The van der Waals surface area contributed by atoms with Crippen LogP contribution >= 0.6 is 0 Å². The van der Waals surface area contributed by atoms with Gasteiger partial charge >= 0.3 is 5.97 Å². The molecular formula is C26H39NO5. The molecule has 1 atom stereocenters. The number of phenols is 2. The second kappa shape index (κ2) is 13.6. The summed E-state index contributed by atoms with van der Waals surface area (Å²) in [6.07, 6.45) is 9.59. The van der Waals surface area contributed by atoms with E-state index in [2.05, 4.69) is 36.9 Å². The van der Waals surface area contributed by atoms with E-state index in [1.54, 1.807) is 6.07 Å². The zero-order valence-corrected chi connectivity index (χ0v) is 20.4. The first-order valence-corrected chi connectivity index (χ1v) is 11.4. The smallest absolute Gasteiger partial charge is 0.328 e. The summed E-state index contributed by atoms with van der Waals surface area (Å²) in [7, 11) is 1.25. The third-order valence-corrected chi connectivity index (χ3v) is 5.39. The summed E-state index contributed by atoms with van der Waals surface area (Å²) in [4.78, 5) is 24.7. The Balaban J connectivity index is 3.24. The van der Waals surface area contributed by atoms with Crippen molar-refractivity contribution in [3.8, 4) is 11.5 Å². The van der Waals surface area contributed by atoms with Gasteiger partial charge in [0.2, 0.25) is 0 Å². The maximum absolute atomic E-state index is 13.0. The van der Waals surface area contributed by atoms with E-state index >= 15 is 0 Å². The predicted octanol–water partition coefficient (Wildman–Crippen LogP) is 5.36. The average molecular weight is 446 g/mol. The van der Waals surface area contributed by atoms with Gasteiger partial charge in [0.1, 0.15) is 17.5 Å². The predicted molar refractivity (Wildman–Crippen MR) is 128 cm³/mol. The first-order chi connectivity index (χ1) is 15.1. The third kappa shape index (κ3) is 8.40. The summed E-state index contributed by atoms with van der Waals surface area (Å²) >= 11 is 0. The van der Waals surface area contributed by atoms with Crippen LogP contribution in [0, 0.1) is 0 Å². The van der Waals surface area contributed by atoms with Gasteiger partial charge in [-0.3, -0.25) is 4.79 Å². The van der Waals surface area contributed by atoms with Gasteiger partial charge in [-0.05, 0) is 71.4 Å². The highest BCUT2D eigenvalue weighted by molar-refractivity contribution is 6.01. The normalized spacial score (nSPS) is 12.2. The number of esters is 1. The number of nitrogens with one attached hydrogen (secondary N) is 1. The van der Waals surface area contributed by atoms with Gasteiger partial charge in [0, 0.05) is 5.56 Å². The van der Waals surface area contributed by atoms with Crippen LogP contribution in [0.25, 0.3) is 0 Å².